The van der Waals surface area contributed by atoms with Crippen molar-refractivity contribution < 1.29 is 32.2 Å². The monoisotopic (exact) mass is 461 g/mol. The fraction of sp³-hybridized carbons (Fsp3) is 0.500. The van der Waals surface area contributed by atoms with Crippen LogP contribution in [0.3, 0.4) is 0 Å². The molecule has 0 bridgehead atoms. The van der Waals surface area contributed by atoms with E-state index in [4.69, 9.17) is 16.3 Å². The van der Waals surface area contributed by atoms with E-state index < -0.39 is 18.6 Å². The van der Waals surface area contributed by atoms with Crippen molar-refractivity contribution in [2.45, 2.75) is 37.8 Å². The van der Waals surface area contributed by atoms with E-state index in [-0.39, 0.29) is 37.9 Å². The molecule has 1 aromatic carbocycles. The Morgan fingerprint density at radius 2 is 1.87 bits per heavy atom. The van der Waals surface area contributed by atoms with Gasteiger partial charge in [-0.1, -0.05) is 18.2 Å². The number of nitrogens with zero attached hydrogens (tertiary/aromatic N) is 2. The molecule has 1 aliphatic heterocycles. The third kappa shape index (κ3) is 6.59. The molecule has 2 fully saturated rings. The Morgan fingerprint density at radius 3 is 2.52 bits per heavy atom. The Kier molecular flexibility index (Phi) is 7.45. The van der Waals surface area contributed by atoms with Crippen LogP contribution in [0, 0.1) is 0 Å². The third-order valence-corrected chi connectivity index (χ3v) is 5.32. The number of halogens is 4. The molecule has 0 radical (unpaired) electrons. The van der Waals surface area contributed by atoms with Crippen molar-refractivity contribution in [1.29, 1.82) is 0 Å². The molecular weight excluding hydrogens is 439 g/mol. The van der Waals surface area contributed by atoms with Crippen LogP contribution in [-0.4, -0.2) is 61.6 Å². The van der Waals surface area contributed by atoms with Crippen molar-refractivity contribution >= 4 is 29.2 Å². The molecule has 3 rings (SSSR count). The summed E-state index contributed by atoms with van der Waals surface area (Å²) in [5.41, 5.74) is 1.32. The minimum Gasteiger partial charge on any atom is -0.368 e. The summed E-state index contributed by atoms with van der Waals surface area (Å²) in [6.45, 7) is 4.94. The highest BCUT2D eigenvalue weighted by atomic mass is 35.5. The van der Waals surface area contributed by atoms with Gasteiger partial charge in [-0.3, -0.25) is 19.3 Å². The van der Waals surface area contributed by atoms with Gasteiger partial charge in [0.25, 0.3) is 0 Å². The van der Waals surface area contributed by atoms with E-state index >= 15 is 0 Å². The average molecular weight is 462 g/mol. The van der Waals surface area contributed by atoms with E-state index in [1.165, 1.54) is 0 Å². The summed E-state index contributed by atoms with van der Waals surface area (Å²) >= 11 is 5.88. The molecule has 1 heterocycles. The predicted molar refractivity (Wildman–Crippen MR) is 108 cm³/mol. The Hall–Kier alpha value is -2.30. The van der Waals surface area contributed by atoms with Crippen LogP contribution < -0.4 is 10.2 Å². The van der Waals surface area contributed by atoms with Crippen LogP contribution in [0.15, 0.2) is 36.5 Å². The highest BCUT2D eigenvalue weighted by molar-refractivity contribution is 6.30. The molecule has 1 N–H and O–H groups in total. The first kappa shape index (κ1) is 23.4. The molecule has 1 saturated heterocycles. The smallest absolute Gasteiger partial charge is 0.368 e. The Morgan fingerprint density at radius 1 is 1.19 bits per heavy atom. The fourth-order valence-corrected chi connectivity index (χ4v) is 3.48. The van der Waals surface area contributed by atoms with Crippen LogP contribution in [0.5, 0.6) is 0 Å². The van der Waals surface area contributed by atoms with Crippen LogP contribution in [0.25, 0.3) is 0 Å². The molecule has 1 aromatic rings. The van der Waals surface area contributed by atoms with Gasteiger partial charge < -0.3 is 10.1 Å². The second-order valence-electron chi connectivity index (χ2n) is 7.32. The number of hydrogen-bond donors (Lipinski definition) is 1. The zero-order valence-electron chi connectivity index (χ0n) is 16.7. The van der Waals surface area contributed by atoms with Gasteiger partial charge >= 0.3 is 12.4 Å². The quantitative estimate of drug-likeness (QED) is 0.609. The minimum absolute atomic E-state index is 0.102. The number of carbonyl (C=O) groups excluding carboxylic acids is 2. The fourth-order valence-electron chi connectivity index (χ4n) is 3.36. The van der Waals surface area contributed by atoms with Gasteiger partial charge in [0.05, 0.1) is 12.2 Å². The SMILES string of the molecule is C=C(CCNC(=O)COC1CC(OC(F)(F)F)C1)N1CCN(c2ccc(Cl)cc2)C1=O. The zero-order chi connectivity index (χ0) is 22.6. The molecule has 1 saturated carbocycles. The van der Waals surface area contributed by atoms with Crippen molar-refractivity contribution in [3.05, 3.63) is 41.6 Å². The number of hydrogen-bond acceptors (Lipinski definition) is 4. The van der Waals surface area contributed by atoms with E-state index in [1.54, 1.807) is 34.1 Å². The van der Waals surface area contributed by atoms with Crippen molar-refractivity contribution in [2.24, 2.45) is 0 Å². The molecule has 11 heteroatoms. The van der Waals surface area contributed by atoms with E-state index in [0.29, 0.717) is 30.2 Å². The summed E-state index contributed by atoms with van der Waals surface area (Å²) in [5, 5.41) is 3.24. The van der Waals surface area contributed by atoms with Crippen molar-refractivity contribution in [2.75, 3.05) is 31.1 Å². The molecule has 3 amide bonds. The molecule has 31 heavy (non-hydrogen) atoms. The highest BCUT2D eigenvalue weighted by Crippen LogP contribution is 2.32. The molecular formula is C20H23ClF3N3O4. The van der Waals surface area contributed by atoms with E-state index in [1.807, 2.05) is 0 Å². The van der Waals surface area contributed by atoms with Crippen molar-refractivity contribution in [3.8, 4) is 0 Å². The van der Waals surface area contributed by atoms with Gasteiger partial charge in [-0.2, -0.15) is 0 Å². The number of ether oxygens (including phenoxy) is 2. The number of nitrogens with one attached hydrogen (secondary N) is 1. The molecule has 1 aliphatic carbocycles. The number of anilines is 1. The van der Waals surface area contributed by atoms with Gasteiger partial charge in [-0.15, -0.1) is 13.2 Å². The normalized spacial score (nSPS) is 21.2. The second kappa shape index (κ2) is 9.88. The lowest BCUT2D eigenvalue weighted by atomic mass is 9.92. The third-order valence-electron chi connectivity index (χ3n) is 5.07. The van der Waals surface area contributed by atoms with Crippen molar-refractivity contribution in [3.63, 3.8) is 0 Å². The Balaban J connectivity index is 1.32. The number of alkyl halides is 3. The number of benzene rings is 1. The summed E-state index contributed by atoms with van der Waals surface area (Å²) in [7, 11) is 0. The summed E-state index contributed by atoms with van der Waals surface area (Å²) in [6, 6.07) is 6.78. The number of urea groups is 1. The van der Waals surface area contributed by atoms with Crippen LogP contribution in [0.1, 0.15) is 19.3 Å². The first-order valence-corrected chi connectivity index (χ1v) is 10.2. The number of rotatable bonds is 9. The lowest BCUT2D eigenvalue weighted by Crippen LogP contribution is -2.42. The van der Waals surface area contributed by atoms with Crippen LogP contribution in [-0.2, 0) is 14.3 Å². The van der Waals surface area contributed by atoms with E-state index in [9.17, 15) is 22.8 Å². The maximum absolute atomic E-state index is 12.6. The van der Waals surface area contributed by atoms with Crippen LogP contribution >= 0.6 is 11.6 Å². The van der Waals surface area contributed by atoms with Crippen LogP contribution in [0.2, 0.25) is 5.02 Å². The Labute approximate surface area is 182 Å². The van der Waals surface area contributed by atoms with Gasteiger partial charge in [0.2, 0.25) is 5.91 Å². The standard InChI is InChI=1S/C20H23ClF3N3O4/c1-13(26-8-9-27(19(26)29)15-4-2-14(21)3-5-15)6-7-25-18(28)12-30-16-10-17(11-16)31-20(22,23)24/h2-5,16-17H,1,6-12H2,(H,25,28). The molecule has 170 valence electrons. The zero-order valence-corrected chi connectivity index (χ0v) is 17.4. The topological polar surface area (TPSA) is 71.1 Å². The molecule has 0 atom stereocenters. The summed E-state index contributed by atoms with van der Waals surface area (Å²) in [4.78, 5) is 27.7. The van der Waals surface area contributed by atoms with E-state index in [2.05, 4.69) is 16.6 Å². The van der Waals surface area contributed by atoms with Gasteiger partial charge in [0, 0.05) is 55.3 Å². The number of amides is 3. The molecule has 2 aliphatic rings. The maximum Gasteiger partial charge on any atom is 0.522 e. The maximum atomic E-state index is 12.6. The molecule has 0 unspecified atom stereocenters. The van der Waals surface area contributed by atoms with Gasteiger partial charge in [0.1, 0.15) is 6.61 Å². The Bertz CT molecular complexity index is 813. The van der Waals surface area contributed by atoms with E-state index in [0.717, 1.165) is 5.69 Å². The summed E-state index contributed by atoms with van der Waals surface area (Å²) < 4.78 is 45.3. The lowest BCUT2D eigenvalue weighted by molar-refractivity contribution is -0.357. The van der Waals surface area contributed by atoms with Gasteiger partial charge in [-0.25, -0.2) is 4.79 Å². The molecule has 7 nitrogen and oxygen atoms in total. The lowest BCUT2D eigenvalue weighted by Gasteiger charge is -2.34. The highest BCUT2D eigenvalue weighted by Gasteiger charge is 2.40. The summed E-state index contributed by atoms with van der Waals surface area (Å²) in [5.74, 6) is -0.386. The van der Waals surface area contributed by atoms with Gasteiger partial charge in [0.15, 0.2) is 0 Å². The first-order chi connectivity index (χ1) is 14.6. The average Bonchev–Trinajstić information content (AvgIpc) is 3.04. The second-order valence-corrected chi connectivity index (χ2v) is 7.75. The van der Waals surface area contributed by atoms with Crippen LogP contribution in [0.4, 0.5) is 23.7 Å². The first-order valence-electron chi connectivity index (χ1n) is 9.77. The largest absolute Gasteiger partial charge is 0.522 e. The molecule has 0 spiro atoms. The number of carbonyl (C=O) groups is 2. The van der Waals surface area contributed by atoms with Crippen molar-refractivity contribution in [1.82, 2.24) is 10.2 Å². The van der Waals surface area contributed by atoms with Gasteiger partial charge in [-0.05, 0) is 24.3 Å². The molecule has 0 aromatic heterocycles. The predicted octanol–water partition coefficient (Wildman–Crippen LogP) is 3.69. The summed E-state index contributed by atoms with van der Waals surface area (Å²) in [6.07, 6.45) is -5.42. The minimum atomic E-state index is -4.65.